The highest BCUT2D eigenvalue weighted by Crippen LogP contribution is 2.28. The second-order valence-electron chi connectivity index (χ2n) is 4.40. The van der Waals surface area contributed by atoms with Gasteiger partial charge >= 0.3 is 12.8 Å². The summed E-state index contributed by atoms with van der Waals surface area (Å²) >= 11 is 5.59. The Bertz CT molecular complexity index is 462. The Morgan fingerprint density at radius 3 is 2.58 bits per heavy atom. The lowest BCUT2D eigenvalue weighted by molar-refractivity contribution is -0.0499. The van der Waals surface area contributed by atoms with Crippen molar-refractivity contribution in [2.45, 2.75) is 33.0 Å². The number of alkyl halides is 2. The molecule has 19 heavy (non-hydrogen) atoms. The Hall–Kier alpha value is -1.63. The first-order chi connectivity index (χ1) is 8.67. The molecule has 106 valence electrons. The van der Waals surface area contributed by atoms with Gasteiger partial charge in [0.25, 0.3) is 0 Å². The van der Waals surface area contributed by atoms with Gasteiger partial charge in [-0.1, -0.05) is 11.6 Å². The van der Waals surface area contributed by atoms with E-state index in [9.17, 15) is 13.6 Å². The molecule has 0 N–H and O–H groups in total. The number of halogens is 3. The lowest BCUT2D eigenvalue weighted by Gasteiger charge is -2.18. The van der Waals surface area contributed by atoms with Gasteiger partial charge in [0.2, 0.25) is 5.88 Å². The van der Waals surface area contributed by atoms with Gasteiger partial charge in [0, 0.05) is 6.07 Å². The van der Waals surface area contributed by atoms with E-state index in [2.05, 4.69) is 9.72 Å². The highest BCUT2D eigenvalue weighted by atomic mass is 35.5. The predicted molar refractivity (Wildman–Crippen MR) is 62.7 cm³/mol. The van der Waals surface area contributed by atoms with E-state index >= 15 is 0 Å². The van der Waals surface area contributed by atoms with Crippen LogP contribution in [0.25, 0.3) is 0 Å². The normalized spacial score (nSPS) is 11.3. The van der Waals surface area contributed by atoms with Crippen LogP contribution in [0.1, 0.15) is 20.8 Å². The Kier molecular flexibility index (Phi) is 4.88. The van der Waals surface area contributed by atoms with Crippen LogP contribution in [-0.4, -0.2) is 23.4 Å². The van der Waals surface area contributed by atoms with Crippen LogP contribution in [0.5, 0.6) is 11.6 Å². The third-order valence-corrected chi connectivity index (χ3v) is 1.87. The molecule has 1 rings (SSSR count). The molecule has 1 aromatic heterocycles. The second-order valence-corrected chi connectivity index (χ2v) is 4.81. The number of ether oxygens (including phenoxy) is 3. The van der Waals surface area contributed by atoms with Gasteiger partial charge in [0.05, 0.1) is 6.20 Å². The first-order valence-corrected chi connectivity index (χ1v) is 5.56. The average Bonchev–Trinajstić information content (AvgIpc) is 2.19. The van der Waals surface area contributed by atoms with Crippen molar-refractivity contribution in [2.24, 2.45) is 0 Å². The van der Waals surface area contributed by atoms with E-state index in [4.69, 9.17) is 21.1 Å². The summed E-state index contributed by atoms with van der Waals surface area (Å²) in [7, 11) is 0. The van der Waals surface area contributed by atoms with Crippen LogP contribution in [-0.2, 0) is 4.74 Å². The molecule has 8 heteroatoms. The topological polar surface area (TPSA) is 57.7 Å². The minimum atomic E-state index is -3.05. The third-order valence-electron chi connectivity index (χ3n) is 1.59. The highest BCUT2D eigenvalue weighted by molar-refractivity contribution is 6.31. The maximum atomic E-state index is 12.1. The summed E-state index contributed by atoms with van der Waals surface area (Å²) in [5.41, 5.74) is -0.744. The van der Waals surface area contributed by atoms with Gasteiger partial charge in [0.15, 0.2) is 5.75 Å². The molecule has 0 radical (unpaired) electrons. The molecule has 0 amide bonds. The van der Waals surface area contributed by atoms with E-state index in [1.54, 1.807) is 20.8 Å². The number of hydrogen-bond acceptors (Lipinski definition) is 5. The minimum absolute atomic E-state index is 0.128. The van der Waals surface area contributed by atoms with Crippen molar-refractivity contribution in [3.05, 3.63) is 17.3 Å². The average molecular weight is 296 g/mol. The molecule has 0 bridgehead atoms. The summed E-state index contributed by atoms with van der Waals surface area (Å²) in [6.07, 6.45) is 0.0178. The fourth-order valence-corrected chi connectivity index (χ4v) is 1.15. The van der Waals surface area contributed by atoms with Crippen LogP contribution in [0, 0.1) is 0 Å². The summed E-state index contributed by atoms with van der Waals surface area (Å²) in [4.78, 5) is 15.0. The molecule has 0 saturated carbocycles. The van der Waals surface area contributed by atoms with Crippen LogP contribution in [0.3, 0.4) is 0 Å². The van der Waals surface area contributed by atoms with Crippen molar-refractivity contribution < 1.29 is 27.8 Å². The van der Waals surface area contributed by atoms with Gasteiger partial charge in [-0.3, -0.25) is 0 Å². The lowest BCUT2D eigenvalue weighted by Crippen LogP contribution is -2.26. The molecule has 0 saturated heterocycles. The van der Waals surface area contributed by atoms with E-state index in [-0.39, 0.29) is 16.7 Å². The number of aromatic nitrogens is 1. The van der Waals surface area contributed by atoms with Gasteiger partial charge < -0.3 is 14.2 Å². The number of carbonyl (C=O) groups excluding carboxylic acids is 1. The molecule has 1 aromatic rings. The van der Waals surface area contributed by atoms with Gasteiger partial charge in [-0.15, -0.1) is 0 Å². The SMILES string of the molecule is CC(C)(C)OC(=O)Oc1cc(OC(F)F)c(Cl)cn1. The van der Waals surface area contributed by atoms with Crippen molar-refractivity contribution in [3.63, 3.8) is 0 Å². The molecule has 1 heterocycles. The Balaban J connectivity index is 2.77. The molecule has 0 aromatic carbocycles. The zero-order chi connectivity index (χ0) is 14.6. The quantitative estimate of drug-likeness (QED) is 0.797. The first-order valence-electron chi connectivity index (χ1n) is 5.18. The van der Waals surface area contributed by atoms with E-state index in [1.165, 1.54) is 0 Å². The van der Waals surface area contributed by atoms with Crippen LogP contribution >= 0.6 is 11.6 Å². The fourth-order valence-electron chi connectivity index (χ4n) is 1.00. The smallest absolute Gasteiger partial charge is 0.433 e. The van der Waals surface area contributed by atoms with E-state index in [1.807, 2.05) is 0 Å². The number of rotatable bonds is 3. The maximum absolute atomic E-state index is 12.1. The van der Waals surface area contributed by atoms with Gasteiger partial charge in [-0.2, -0.15) is 8.78 Å². The zero-order valence-electron chi connectivity index (χ0n) is 10.4. The fraction of sp³-hybridized carbons (Fsp3) is 0.455. The van der Waals surface area contributed by atoms with E-state index in [0.29, 0.717) is 0 Å². The zero-order valence-corrected chi connectivity index (χ0v) is 11.2. The predicted octanol–water partition coefficient (Wildman–Crippen LogP) is 3.65. The van der Waals surface area contributed by atoms with Crippen molar-refractivity contribution >= 4 is 17.8 Å². The van der Waals surface area contributed by atoms with Crippen molar-refractivity contribution in [1.29, 1.82) is 0 Å². The molecular formula is C11H12ClF2NO4. The lowest BCUT2D eigenvalue weighted by atomic mass is 10.2. The summed E-state index contributed by atoms with van der Waals surface area (Å²) in [5, 5.41) is -0.128. The molecule has 0 aliphatic carbocycles. The molecule has 0 unspecified atom stereocenters. The van der Waals surface area contributed by atoms with Crippen LogP contribution in [0.4, 0.5) is 13.6 Å². The van der Waals surface area contributed by atoms with Crippen LogP contribution in [0.2, 0.25) is 5.02 Å². The molecule has 0 atom stereocenters. The highest BCUT2D eigenvalue weighted by Gasteiger charge is 2.19. The van der Waals surface area contributed by atoms with Crippen molar-refractivity contribution in [3.8, 4) is 11.6 Å². The van der Waals surface area contributed by atoms with E-state index < -0.39 is 18.4 Å². The molecule has 5 nitrogen and oxygen atoms in total. The maximum Gasteiger partial charge on any atom is 0.515 e. The standard InChI is InChI=1S/C11H12ClF2NO4/c1-11(2,3)19-10(16)18-8-4-7(17-9(13)14)6(12)5-15-8/h4-5,9H,1-3H3. The Labute approximate surface area is 113 Å². The van der Waals surface area contributed by atoms with Crippen molar-refractivity contribution in [2.75, 3.05) is 0 Å². The van der Waals surface area contributed by atoms with Crippen LogP contribution < -0.4 is 9.47 Å². The molecular weight excluding hydrogens is 284 g/mol. The third kappa shape index (κ3) is 5.69. The monoisotopic (exact) mass is 295 g/mol. The van der Waals surface area contributed by atoms with Gasteiger partial charge in [0.1, 0.15) is 10.6 Å². The van der Waals surface area contributed by atoms with E-state index in [0.717, 1.165) is 12.3 Å². The molecule has 0 fully saturated rings. The summed E-state index contributed by atoms with van der Waals surface area (Å²) in [6.45, 7) is 1.90. The first kappa shape index (κ1) is 15.4. The summed E-state index contributed by atoms with van der Waals surface area (Å²) in [6, 6.07) is 0.971. The number of pyridine rings is 1. The van der Waals surface area contributed by atoms with Crippen LogP contribution in [0.15, 0.2) is 12.3 Å². The van der Waals surface area contributed by atoms with Crippen molar-refractivity contribution in [1.82, 2.24) is 4.98 Å². The number of nitrogens with zero attached hydrogens (tertiary/aromatic N) is 1. The van der Waals surface area contributed by atoms with Gasteiger partial charge in [-0.25, -0.2) is 9.78 Å². The Morgan fingerprint density at radius 1 is 1.42 bits per heavy atom. The summed E-state index contributed by atoms with van der Waals surface area (Å²) < 4.78 is 37.9. The Morgan fingerprint density at radius 2 is 2.05 bits per heavy atom. The molecule has 0 aliphatic heterocycles. The molecule has 0 spiro atoms. The minimum Gasteiger partial charge on any atom is -0.433 e. The summed E-state index contributed by atoms with van der Waals surface area (Å²) in [5.74, 6) is -0.598. The second kappa shape index (κ2) is 6.01. The number of carbonyl (C=O) groups is 1. The molecule has 0 aliphatic rings. The largest absolute Gasteiger partial charge is 0.515 e. The van der Waals surface area contributed by atoms with Gasteiger partial charge in [-0.05, 0) is 20.8 Å². The number of hydrogen-bond donors (Lipinski definition) is 0.